The fraction of sp³-hybridized carbons (Fsp3) is 0.727. The third-order valence-electron chi connectivity index (χ3n) is 2.21. The van der Waals surface area contributed by atoms with Gasteiger partial charge in [0.25, 0.3) is 0 Å². The van der Waals surface area contributed by atoms with Crippen molar-refractivity contribution in [2.24, 2.45) is 0 Å². The van der Waals surface area contributed by atoms with Crippen molar-refractivity contribution < 1.29 is 38.4 Å². The third kappa shape index (κ3) is 5.23. The molecule has 0 rings (SSSR count). The Morgan fingerprint density at radius 3 is 1.68 bits per heavy atom. The molecule has 0 aliphatic heterocycles. The second-order valence-corrected chi connectivity index (χ2v) is 3.48. The van der Waals surface area contributed by atoms with Crippen molar-refractivity contribution in [1.82, 2.24) is 0 Å². The minimum absolute atomic E-state index is 0.112. The number of rotatable bonds is 8. The Kier molecular flexibility index (Phi) is 7.69. The molecule has 0 bridgehead atoms. The summed E-state index contributed by atoms with van der Waals surface area (Å²) >= 11 is 0. The SMILES string of the molecule is CCOOC(CC(=O)OC)(CC(=O)OC)C(=O)OC. The van der Waals surface area contributed by atoms with Crippen LogP contribution in [0.5, 0.6) is 0 Å². The first-order valence-electron chi connectivity index (χ1n) is 5.48. The van der Waals surface area contributed by atoms with Crippen LogP contribution in [0.1, 0.15) is 19.8 Å². The number of methoxy groups -OCH3 is 3. The summed E-state index contributed by atoms with van der Waals surface area (Å²) in [5.41, 5.74) is -1.93. The van der Waals surface area contributed by atoms with Gasteiger partial charge in [0.05, 0.1) is 40.8 Å². The van der Waals surface area contributed by atoms with Crippen LogP contribution >= 0.6 is 0 Å². The van der Waals surface area contributed by atoms with Gasteiger partial charge in [-0.05, 0) is 6.92 Å². The summed E-state index contributed by atoms with van der Waals surface area (Å²) in [6, 6.07) is 0. The molecule has 8 nitrogen and oxygen atoms in total. The average molecular weight is 278 g/mol. The lowest BCUT2D eigenvalue weighted by molar-refractivity contribution is -0.353. The number of esters is 3. The van der Waals surface area contributed by atoms with E-state index in [-0.39, 0.29) is 6.61 Å². The van der Waals surface area contributed by atoms with Crippen molar-refractivity contribution in [1.29, 1.82) is 0 Å². The van der Waals surface area contributed by atoms with Gasteiger partial charge in [-0.25, -0.2) is 14.6 Å². The molecular formula is C11H18O8. The predicted octanol–water partition coefficient (Wildman–Crippen LogP) is -0.00750. The predicted molar refractivity (Wildman–Crippen MR) is 60.7 cm³/mol. The van der Waals surface area contributed by atoms with Crippen LogP contribution in [-0.2, 0) is 38.4 Å². The van der Waals surface area contributed by atoms with E-state index in [9.17, 15) is 14.4 Å². The van der Waals surface area contributed by atoms with Gasteiger partial charge in [-0.2, -0.15) is 0 Å². The van der Waals surface area contributed by atoms with Gasteiger partial charge in [0, 0.05) is 0 Å². The van der Waals surface area contributed by atoms with Gasteiger partial charge in [-0.3, -0.25) is 9.59 Å². The Morgan fingerprint density at radius 1 is 0.895 bits per heavy atom. The summed E-state index contributed by atoms with van der Waals surface area (Å²) in [5, 5.41) is 0. The van der Waals surface area contributed by atoms with Crippen LogP contribution in [0, 0.1) is 0 Å². The molecule has 0 unspecified atom stereocenters. The topological polar surface area (TPSA) is 97.4 Å². The van der Waals surface area contributed by atoms with Crippen molar-refractivity contribution >= 4 is 17.9 Å². The molecule has 0 saturated carbocycles. The molecule has 19 heavy (non-hydrogen) atoms. The summed E-state index contributed by atoms with van der Waals surface area (Å²) < 4.78 is 13.5. The van der Waals surface area contributed by atoms with E-state index < -0.39 is 36.4 Å². The second-order valence-electron chi connectivity index (χ2n) is 3.48. The molecule has 0 spiro atoms. The molecule has 0 N–H and O–H groups in total. The Hall–Kier alpha value is -1.67. The highest BCUT2D eigenvalue weighted by atomic mass is 17.2. The molecule has 0 heterocycles. The first kappa shape index (κ1) is 17.3. The average Bonchev–Trinajstić information content (AvgIpc) is 2.43. The minimum atomic E-state index is -1.93. The van der Waals surface area contributed by atoms with Crippen LogP contribution in [0.25, 0.3) is 0 Å². The highest BCUT2D eigenvalue weighted by molar-refractivity contribution is 5.90. The molecule has 0 aliphatic carbocycles. The van der Waals surface area contributed by atoms with Crippen LogP contribution < -0.4 is 0 Å². The highest BCUT2D eigenvalue weighted by Gasteiger charge is 2.47. The normalized spacial score (nSPS) is 10.7. The largest absolute Gasteiger partial charge is 0.469 e. The van der Waals surface area contributed by atoms with Gasteiger partial charge in [-0.15, -0.1) is 0 Å². The summed E-state index contributed by atoms with van der Waals surface area (Å²) in [6.45, 7) is 1.72. The number of hydrogen-bond acceptors (Lipinski definition) is 8. The number of carbonyl (C=O) groups excluding carboxylic acids is 3. The van der Waals surface area contributed by atoms with Gasteiger partial charge in [0.1, 0.15) is 0 Å². The molecule has 0 fully saturated rings. The van der Waals surface area contributed by atoms with E-state index in [1.807, 2.05) is 0 Å². The van der Waals surface area contributed by atoms with Crippen molar-refractivity contribution in [3.05, 3.63) is 0 Å². The zero-order valence-corrected chi connectivity index (χ0v) is 11.4. The Labute approximate surface area is 110 Å². The fourth-order valence-corrected chi connectivity index (χ4v) is 1.27. The first-order valence-corrected chi connectivity index (χ1v) is 5.48. The zero-order valence-electron chi connectivity index (χ0n) is 11.4. The molecule has 0 atom stereocenters. The van der Waals surface area contributed by atoms with Crippen molar-refractivity contribution in [2.45, 2.75) is 25.4 Å². The molecule has 0 amide bonds. The van der Waals surface area contributed by atoms with E-state index in [4.69, 9.17) is 9.78 Å². The maximum Gasteiger partial charge on any atom is 0.342 e. The monoisotopic (exact) mass is 278 g/mol. The lowest BCUT2D eigenvalue weighted by Gasteiger charge is -2.27. The van der Waals surface area contributed by atoms with Crippen LogP contribution in [0.2, 0.25) is 0 Å². The van der Waals surface area contributed by atoms with Crippen molar-refractivity contribution in [2.75, 3.05) is 27.9 Å². The van der Waals surface area contributed by atoms with E-state index in [0.29, 0.717) is 0 Å². The van der Waals surface area contributed by atoms with Crippen molar-refractivity contribution in [3.8, 4) is 0 Å². The molecular weight excluding hydrogens is 260 g/mol. The highest BCUT2D eigenvalue weighted by Crippen LogP contribution is 2.25. The molecule has 0 saturated heterocycles. The van der Waals surface area contributed by atoms with Crippen molar-refractivity contribution in [3.63, 3.8) is 0 Å². The van der Waals surface area contributed by atoms with Gasteiger partial charge in [0.15, 0.2) is 0 Å². The second kappa shape index (κ2) is 8.44. The maximum atomic E-state index is 11.8. The molecule has 0 aromatic heterocycles. The molecule has 0 aliphatic rings. The first-order chi connectivity index (χ1) is 8.95. The quantitative estimate of drug-likeness (QED) is 0.265. The number of ether oxygens (including phenoxy) is 3. The molecule has 0 aromatic carbocycles. The number of hydrogen-bond donors (Lipinski definition) is 0. The minimum Gasteiger partial charge on any atom is -0.469 e. The van der Waals surface area contributed by atoms with E-state index >= 15 is 0 Å². The van der Waals surface area contributed by atoms with E-state index in [1.165, 1.54) is 0 Å². The zero-order chi connectivity index (χ0) is 14.9. The summed E-state index contributed by atoms with van der Waals surface area (Å²) in [5.74, 6) is -2.44. The van der Waals surface area contributed by atoms with Crippen LogP contribution in [0.4, 0.5) is 0 Å². The van der Waals surface area contributed by atoms with E-state index in [0.717, 1.165) is 21.3 Å². The lowest BCUT2D eigenvalue weighted by atomic mass is 9.95. The van der Waals surface area contributed by atoms with E-state index in [1.54, 1.807) is 6.92 Å². The smallest absolute Gasteiger partial charge is 0.342 e. The van der Waals surface area contributed by atoms with E-state index in [2.05, 4.69) is 14.2 Å². The Balaban J connectivity index is 5.23. The van der Waals surface area contributed by atoms with Crippen LogP contribution in [0.3, 0.4) is 0 Å². The summed E-state index contributed by atoms with van der Waals surface area (Å²) in [7, 11) is 3.38. The van der Waals surface area contributed by atoms with Crippen LogP contribution in [-0.4, -0.2) is 51.4 Å². The number of carbonyl (C=O) groups is 3. The van der Waals surface area contributed by atoms with Gasteiger partial charge >= 0.3 is 17.9 Å². The Morgan fingerprint density at radius 2 is 1.37 bits per heavy atom. The molecule has 110 valence electrons. The molecule has 8 heteroatoms. The molecule has 0 aromatic rings. The van der Waals surface area contributed by atoms with Gasteiger partial charge < -0.3 is 14.2 Å². The maximum absolute atomic E-state index is 11.8. The third-order valence-corrected chi connectivity index (χ3v) is 2.21. The molecule has 0 radical (unpaired) electrons. The van der Waals surface area contributed by atoms with Gasteiger partial charge in [-0.1, -0.05) is 0 Å². The standard InChI is InChI=1S/C11H18O8/c1-5-18-19-11(10(14)17-4,6-8(12)15-2)7-9(13)16-3/h5-7H2,1-4H3. The summed E-state index contributed by atoms with van der Waals surface area (Å²) in [4.78, 5) is 44.1. The van der Waals surface area contributed by atoms with Crippen LogP contribution in [0.15, 0.2) is 0 Å². The fourth-order valence-electron chi connectivity index (χ4n) is 1.27. The lowest BCUT2D eigenvalue weighted by Crippen LogP contribution is -2.46. The summed E-state index contributed by atoms with van der Waals surface area (Å²) in [6.07, 6.45) is -1.07. The van der Waals surface area contributed by atoms with Gasteiger partial charge in [0.2, 0.25) is 5.60 Å². The Bertz CT molecular complexity index is 307.